The maximum atomic E-state index is 12.5. The Hall–Kier alpha value is -2.73. The first-order chi connectivity index (χ1) is 14.1. The first-order valence-corrected chi connectivity index (χ1v) is 10.3. The standard InChI is InChI=1S/C23H27ClN2O4/c1-14(26-22(28)16-5-7-17(8-6-16)23(2,3)4)21(27)25-13-15-11-18(24)20-19(12-15)29-9-10-30-20/h5-8,11-12,14H,9-10,13H2,1-4H3,(H,25,27)(H,26,28). The third kappa shape index (κ3) is 5.25. The molecule has 0 bridgehead atoms. The van der Waals surface area contributed by atoms with Gasteiger partial charge in [0.2, 0.25) is 5.91 Å². The molecular weight excluding hydrogens is 404 g/mol. The molecule has 7 heteroatoms. The lowest BCUT2D eigenvalue weighted by Gasteiger charge is -2.21. The molecule has 2 aromatic carbocycles. The van der Waals surface area contributed by atoms with E-state index in [4.69, 9.17) is 21.1 Å². The number of carbonyl (C=O) groups excluding carboxylic acids is 2. The summed E-state index contributed by atoms with van der Waals surface area (Å²) in [6.07, 6.45) is 0. The van der Waals surface area contributed by atoms with Crippen LogP contribution in [-0.4, -0.2) is 31.1 Å². The fourth-order valence-electron chi connectivity index (χ4n) is 3.08. The molecule has 2 aromatic rings. The molecule has 0 saturated heterocycles. The van der Waals surface area contributed by atoms with Crippen LogP contribution >= 0.6 is 11.6 Å². The molecule has 6 nitrogen and oxygen atoms in total. The average Bonchev–Trinajstić information content (AvgIpc) is 2.71. The van der Waals surface area contributed by atoms with Crippen LogP contribution in [0, 0.1) is 0 Å². The van der Waals surface area contributed by atoms with Gasteiger partial charge < -0.3 is 20.1 Å². The van der Waals surface area contributed by atoms with E-state index in [-0.39, 0.29) is 23.8 Å². The van der Waals surface area contributed by atoms with Crippen molar-refractivity contribution in [3.05, 3.63) is 58.1 Å². The van der Waals surface area contributed by atoms with E-state index in [9.17, 15) is 9.59 Å². The van der Waals surface area contributed by atoms with Gasteiger partial charge in [-0.1, -0.05) is 44.5 Å². The molecule has 2 N–H and O–H groups in total. The van der Waals surface area contributed by atoms with Crippen LogP contribution in [0.1, 0.15) is 49.2 Å². The van der Waals surface area contributed by atoms with Crippen molar-refractivity contribution in [3.8, 4) is 11.5 Å². The summed E-state index contributed by atoms with van der Waals surface area (Å²) in [7, 11) is 0. The highest BCUT2D eigenvalue weighted by molar-refractivity contribution is 6.32. The number of benzene rings is 2. The molecule has 1 aliphatic heterocycles. The molecule has 1 heterocycles. The Bertz CT molecular complexity index is 935. The number of halogens is 1. The summed E-state index contributed by atoms with van der Waals surface area (Å²) in [4.78, 5) is 24.9. The van der Waals surface area contributed by atoms with Crippen molar-refractivity contribution in [2.45, 2.75) is 45.7 Å². The molecule has 0 fully saturated rings. The van der Waals surface area contributed by atoms with Gasteiger partial charge in [0, 0.05) is 12.1 Å². The predicted octanol–water partition coefficient (Wildman–Crippen LogP) is 3.84. The summed E-state index contributed by atoms with van der Waals surface area (Å²) in [5, 5.41) is 5.98. The smallest absolute Gasteiger partial charge is 0.251 e. The van der Waals surface area contributed by atoms with Crippen molar-refractivity contribution in [1.29, 1.82) is 0 Å². The first kappa shape index (κ1) is 22.0. The summed E-state index contributed by atoms with van der Waals surface area (Å²) in [6.45, 7) is 9.16. The van der Waals surface area contributed by atoms with Crippen molar-refractivity contribution in [1.82, 2.24) is 10.6 Å². The highest BCUT2D eigenvalue weighted by atomic mass is 35.5. The van der Waals surface area contributed by atoms with Gasteiger partial charge in [-0.3, -0.25) is 9.59 Å². The van der Waals surface area contributed by atoms with E-state index in [1.165, 1.54) is 0 Å². The Morgan fingerprint density at radius 1 is 1.10 bits per heavy atom. The summed E-state index contributed by atoms with van der Waals surface area (Å²) in [6, 6.07) is 10.3. The van der Waals surface area contributed by atoms with Crippen molar-refractivity contribution in [2.75, 3.05) is 13.2 Å². The van der Waals surface area contributed by atoms with Crippen LogP contribution in [-0.2, 0) is 16.8 Å². The summed E-state index contributed by atoms with van der Waals surface area (Å²) in [5.74, 6) is 0.510. The Labute approximate surface area is 181 Å². The Kier molecular flexibility index (Phi) is 6.56. The van der Waals surface area contributed by atoms with E-state index in [0.29, 0.717) is 35.3 Å². The largest absolute Gasteiger partial charge is 0.486 e. The third-order valence-corrected chi connectivity index (χ3v) is 5.16. The van der Waals surface area contributed by atoms with Gasteiger partial charge >= 0.3 is 0 Å². The molecule has 1 atom stereocenters. The van der Waals surface area contributed by atoms with Crippen molar-refractivity contribution in [3.63, 3.8) is 0 Å². The number of rotatable bonds is 5. The number of amides is 2. The second kappa shape index (κ2) is 8.96. The van der Waals surface area contributed by atoms with Crippen LogP contribution < -0.4 is 20.1 Å². The molecule has 2 amide bonds. The van der Waals surface area contributed by atoms with Crippen molar-refractivity contribution >= 4 is 23.4 Å². The SMILES string of the molecule is CC(NC(=O)c1ccc(C(C)(C)C)cc1)C(=O)NCc1cc(Cl)c2c(c1)OCCO2. The minimum absolute atomic E-state index is 0.0128. The Morgan fingerprint density at radius 2 is 1.77 bits per heavy atom. The molecule has 0 aromatic heterocycles. The number of hydrogen-bond acceptors (Lipinski definition) is 4. The second-order valence-corrected chi connectivity index (χ2v) is 8.75. The van der Waals surface area contributed by atoms with Gasteiger partial charge in [0.15, 0.2) is 11.5 Å². The normalized spacial score (nSPS) is 14.0. The lowest BCUT2D eigenvalue weighted by atomic mass is 9.86. The molecule has 0 spiro atoms. The summed E-state index contributed by atoms with van der Waals surface area (Å²) in [5.41, 5.74) is 2.46. The lowest BCUT2D eigenvalue weighted by Crippen LogP contribution is -2.44. The molecule has 0 radical (unpaired) electrons. The van der Waals surface area contributed by atoms with Gasteiger partial charge in [0.1, 0.15) is 19.3 Å². The Balaban J connectivity index is 1.56. The predicted molar refractivity (Wildman–Crippen MR) is 116 cm³/mol. The molecule has 0 saturated carbocycles. The maximum Gasteiger partial charge on any atom is 0.251 e. The van der Waals surface area contributed by atoms with E-state index in [1.807, 2.05) is 12.1 Å². The quantitative estimate of drug-likeness (QED) is 0.755. The van der Waals surface area contributed by atoms with Gasteiger partial charge in [0.25, 0.3) is 5.91 Å². The molecule has 1 unspecified atom stereocenters. The maximum absolute atomic E-state index is 12.5. The third-order valence-electron chi connectivity index (χ3n) is 4.88. The minimum atomic E-state index is -0.688. The number of fused-ring (bicyclic) bond motifs is 1. The molecule has 1 aliphatic rings. The van der Waals surface area contributed by atoms with Crippen LogP contribution in [0.2, 0.25) is 5.02 Å². The van der Waals surface area contributed by atoms with E-state index in [2.05, 4.69) is 31.4 Å². The van der Waals surface area contributed by atoms with Crippen molar-refractivity contribution in [2.24, 2.45) is 0 Å². The van der Waals surface area contributed by atoms with E-state index < -0.39 is 6.04 Å². The van der Waals surface area contributed by atoms with E-state index in [1.54, 1.807) is 31.2 Å². The molecule has 3 rings (SSSR count). The fraction of sp³-hybridized carbons (Fsp3) is 0.391. The zero-order chi connectivity index (χ0) is 21.9. The zero-order valence-corrected chi connectivity index (χ0v) is 18.4. The lowest BCUT2D eigenvalue weighted by molar-refractivity contribution is -0.122. The summed E-state index contributed by atoms with van der Waals surface area (Å²) >= 11 is 6.23. The van der Waals surface area contributed by atoms with Gasteiger partial charge in [0.05, 0.1) is 5.02 Å². The van der Waals surface area contributed by atoms with Crippen LogP contribution in [0.3, 0.4) is 0 Å². The fourth-order valence-corrected chi connectivity index (χ4v) is 3.36. The molecule has 160 valence electrons. The van der Waals surface area contributed by atoms with Gasteiger partial charge in [-0.05, 0) is 47.7 Å². The number of nitrogens with one attached hydrogen (secondary N) is 2. The Morgan fingerprint density at radius 3 is 2.43 bits per heavy atom. The van der Waals surface area contributed by atoms with E-state index in [0.717, 1.165) is 11.1 Å². The highest BCUT2D eigenvalue weighted by Gasteiger charge is 2.20. The monoisotopic (exact) mass is 430 g/mol. The zero-order valence-electron chi connectivity index (χ0n) is 17.7. The molecule has 0 aliphatic carbocycles. The van der Waals surface area contributed by atoms with Crippen LogP contribution in [0.5, 0.6) is 11.5 Å². The van der Waals surface area contributed by atoms with Gasteiger partial charge in [-0.2, -0.15) is 0 Å². The molecule has 30 heavy (non-hydrogen) atoms. The summed E-state index contributed by atoms with van der Waals surface area (Å²) < 4.78 is 11.0. The minimum Gasteiger partial charge on any atom is -0.486 e. The number of ether oxygens (including phenoxy) is 2. The number of carbonyl (C=O) groups is 2. The van der Waals surface area contributed by atoms with Crippen LogP contribution in [0.25, 0.3) is 0 Å². The number of hydrogen-bond donors (Lipinski definition) is 2. The van der Waals surface area contributed by atoms with Gasteiger partial charge in [-0.15, -0.1) is 0 Å². The van der Waals surface area contributed by atoms with Gasteiger partial charge in [-0.25, -0.2) is 0 Å². The van der Waals surface area contributed by atoms with E-state index >= 15 is 0 Å². The topological polar surface area (TPSA) is 76.7 Å². The second-order valence-electron chi connectivity index (χ2n) is 8.34. The molecular formula is C23H27ClN2O4. The van der Waals surface area contributed by atoms with Crippen molar-refractivity contribution < 1.29 is 19.1 Å². The first-order valence-electron chi connectivity index (χ1n) is 9.92. The average molecular weight is 431 g/mol. The van der Waals surface area contributed by atoms with Crippen LogP contribution in [0.15, 0.2) is 36.4 Å². The highest BCUT2D eigenvalue weighted by Crippen LogP contribution is 2.38. The van der Waals surface area contributed by atoms with Crippen LogP contribution in [0.4, 0.5) is 0 Å².